The van der Waals surface area contributed by atoms with Crippen LogP contribution in [-0.4, -0.2) is 38.0 Å². The summed E-state index contributed by atoms with van der Waals surface area (Å²) in [5.41, 5.74) is 3.35. The van der Waals surface area contributed by atoms with Gasteiger partial charge in [-0.2, -0.15) is 0 Å². The Hall–Kier alpha value is -1.87. The first-order chi connectivity index (χ1) is 11.8. The fraction of sp³-hybridized carbons (Fsp3) is 0.294. The number of anilines is 2. The molecular formula is C17H23Cl2N3O4S. The number of aromatic hydroxyl groups is 2. The van der Waals surface area contributed by atoms with Crippen molar-refractivity contribution >= 4 is 46.2 Å². The van der Waals surface area contributed by atoms with Gasteiger partial charge in [0.25, 0.3) is 0 Å². The number of hydrogen-bond donors (Lipinski definition) is 5. The summed E-state index contributed by atoms with van der Waals surface area (Å²) in [7, 11) is -3.29. The molecule has 0 spiro atoms. The molecule has 1 heterocycles. The number of hydrogen-bond acceptors (Lipinski definition) is 6. The van der Waals surface area contributed by atoms with Crippen molar-refractivity contribution in [2.45, 2.75) is 12.5 Å². The molecule has 0 bridgehead atoms. The van der Waals surface area contributed by atoms with E-state index in [-0.39, 0.29) is 42.4 Å². The van der Waals surface area contributed by atoms with Crippen LogP contribution in [-0.2, 0) is 16.4 Å². The van der Waals surface area contributed by atoms with Gasteiger partial charge in [-0.25, -0.2) is 8.42 Å². The third-order valence-electron chi connectivity index (χ3n) is 4.10. The second-order valence-corrected chi connectivity index (χ2v) is 7.88. The standard InChI is InChI=1S/C17H21N3O4S.2ClH/c1-25(23,24)20-13-4-2-12(3-5-13)19-10-15-14-9-17(22)16(21)8-11(14)6-7-18-15;;/h2-5,8-9,15,18-22H,6-7,10H2,1H3;2*1H. The Labute approximate surface area is 171 Å². The molecule has 5 N–H and O–H groups in total. The van der Waals surface area contributed by atoms with Crippen molar-refractivity contribution in [3.05, 3.63) is 47.5 Å². The summed E-state index contributed by atoms with van der Waals surface area (Å²) in [5.74, 6) is -0.218. The molecule has 1 atom stereocenters. The van der Waals surface area contributed by atoms with Crippen molar-refractivity contribution in [2.75, 3.05) is 29.4 Å². The van der Waals surface area contributed by atoms with Crippen molar-refractivity contribution < 1.29 is 18.6 Å². The summed E-state index contributed by atoms with van der Waals surface area (Å²) < 4.78 is 24.8. The lowest BCUT2D eigenvalue weighted by atomic mass is 9.93. The Morgan fingerprint density at radius 1 is 1.07 bits per heavy atom. The zero-order valence-corrected chi connectivity index (χ0v) is 17.0. The Balaban J connectivity index is 0.00000182. The molecule has 7 nitrogen and oxygen atoms in total. The fourth-order valence-electron chi connectivity index (χ4n) is 2.94. The number of sulfonamides is 1. The van der Waals surface area contributed by atoms with Gasteiger partial charge in [0.05, 0.1) is 6.26 Å². The highest BCUT2D eigenvalue weighted by molar-refractivity contribution is 7.92. The van der Waals surface area contributed by atoms with Gasteiger partial charge < -0.3 is 20.8 Å². The van der Waals surface area contributed by atoms with Gasteiger partial charge in [0, 0.05) is 24.0 Å². The van der Waals surface area contributed by atoms with E-state index in [0.717, 1.165) is 36.0 Å². The monoisotopic (exact) mass is 435 g/mol. The fourth-order valence-corrected chi connectivity index (χ4v) is 3.50. The van der Waals surface area contributed by atoms with Crippen LogP contribution in [0.1, 0.15) is 17.2 Å². The first kappa shape index (κ1) is 23.2. The average molecular weight is 436 g/mol. The molecule has 0 saturated heterocycles. The first-order valence-electron chi connectivity index (χ1n) is 7.92. The number of benzene rings is 2. The van der Waals surface area contributed by atoms with E-state index in [4.69, 9.17) is 0 Å². The van der Waals surface area contributed by atoms with E-state index in [1.54, 1.807) is 36.4 Å². The lowest BCUT2D eigenvalue weighted by Crippen LogP contribution is -2.34. The van der Waals surface area contributed by atoms with E-state index in [1.807, 2.05) is 0 Å². The summed E-state index contributed by atoms with van der Waals surface area (Å²) in [4.78, 5) is 0. The topological polar surface area (TPSA) is 111 Å². The smallest absolute Gasteiger partial charge is 0.229 e. The zero-order chi connectivity index (χ0) is 18.0. The second-order valence-electron chi connectivity index (χ2n) is 6.13. The minimum absolute atomic E-state index is 0. The van der Waals surface area contributed by atoms with E-state index in [9.17, 15) is 18.6 Å². The van der Waals surface area contributed by atoms with Crippen LogP contribution in [0.15, 0.2) is 36.4 Å². The molecule has 1 aliphatic heterocycles. The van der Waals surface area contributed by atoms with E-state index in [1.165, 1.54) is 0 Å². The molecule has 0 radical (unpaired) electrons. The molecule has 0 aromatic heterocycles. The largest absolute Gasteiger partial charge is 0.504 e. The van der Waals surface area contributed by atoms with Crippen molar-refractivity contribution in [1.82, 2.24) is 5.32 Å². The maximum absolute atomic E-state index is 11.2. The van der Waals surface area contributed by atoms with Gasteiger partial charge in [0.1, 0.15) is 0 Å². The van der Waals surface area contributed by atoms with Gasteiger partial charge in [0.2, 0.25) is 10.0 Å². The molecule has 27 heavy (non-hydrogen) atoms. The molecular weight excluding hydrogens is 413 g/mol. The van der Waals surface area contributed by atoms with Crippen LogP contribution < -0.4 is 15.4 Å². The Bertz CT molecular complexity index is 876. The molecule has 3 rings (SSSR count). The third kappa shape index (κ3) is 6.07. The third-order valence-corrected chi connectivity index (χ3v) is 4.70. The predicted octanol–water partition coefficient (Wildman–Crippen LogP) is 2.61. The van der Waals surface area contributed by atoms with Gasteiger partial charge in [-0.1, -0.05) is 0 Å². The second kappa shape index (κ2) is 9.36. The van der Waals surface area contributed by atoms with E-state index in [0.29, 0.717) is 12.2 Å². The van der Waals surface area contributed by atoms with Gasteiger partial charge >= 0.3 is 0 Å². The van der Waals surface area contributed by atoms with Crippen LogP contribution >= 0.6 is 24.8 Å². The van der Waals surface area contributed by atoms with E-state index < -0.39 is 10.0 Å². The van der Waals surface area contributed by atoms with Crippen molar-refractivity contribution in [1.29, 1.82) is 0 Å². The Kier molecular flexibility index (Phi) is 8.04. The molecule has 0 fully saturated rings. The maximum Gasteiger partial charge on any atom is 0.229 e. The Morgan fingerprint density at radius 2 is 1.67 bits per heavy atom. The molecule has 0 amide bonds. The molecule has 2 aromatic rings. The van der Waals surface area contributed by atoms with Gasteiger partial charge in [-0.05, 0) is 60.5 Å². The number of nitrogens with one attached hydrogen (secondary N) is 3. The van der Waals surface area contributed by atoms with Gasteiger partial charge in [-0.3, -0.25) is 4.72 Å². The zero-order valence-electron chi connectivity index (χ0n) is 14.6. The normalized spacial score (nSPS) is 15.7. The van der Waals surface area contributed by atoms with Crippen molar-refractivity contribution in [3.8, 4) is 11.5 Å². The molecule has 2 aromatic carbocycles. The molecule has 0 saturated carbocycles. The number of rotatable bonds is 5. The predicted molar refractivity (Wildman–Crippen MR) is 112 cm³/mol. The molecule has 150 valence electrons. The highest BCUT2D eigenvalue weighted by Gasteiger charge is 2.21. The average Bonchev–Trinajstić information content (AvgIpc) is 2.54. The van der Waals surface area contributed by atoms with Gasteiger partial charge in [-0.15, -0.1) is 24.8 Å². The van der Waals surface area contributed by atoms with Crippen LogP contribution in [0.2, 0.25) is 0 Å². The SMILES string of the molecule is CS(=O)(=O)Nc1ccc(NCC2NCCc3cc(O)c(O)cc32)cc1.Cl.Cl. The number of phenols is 2. The van der Waals surface area contributed by atoms with Crippen LogP contribution in [0.3, 0.4) is 0 Å². The maximum atomic E-state index is 11.2. The Morgan fingerprint density at radius 3 is 2.30 bits per heavy atom. The van der Waals surface area contributed by atoms with Crippen molar-refractivity contribution in [3.63, 3.8) is 0 Å². The molecule has 1 unspecified atom stereocenters. The van der Waals surface area contributed by atoms with Crippen LogP contribution in [0, 0.1) is 0 Å². The number of phenolic OH excluding ortho intramolecular Hbond substituents is 2. The summed E-state index contributed by atoms with van der Waals surface area (Å²) >= 11 is 0. The summed E-state index contributed by atoms with van der Waals surface area (Å²) in [6, 6.07) is 10.2. The lowest BCUT2D eigenvalue weighted by molar-refractivity contribution is 0.399. The highest BCUT2D eigenvalue weighted by Crippen LogP contribution is 2.33. The summed E-state index contributed by atoms with van der Waals surface area (Å²) in [5, 5.41) is 26.1. The van der Waals surface area contributed by atoms with E-state index >= 15 is 0 Å². The quantitative estimate of drug-likeness (QED) is 0.461. The summed E-state index contributed by atoms with van der Waals surface area (Å²) in [6.07, 6.45) is 1.91. The number of halogens is 2. The van der Waals surface area contributed by atoms with Gasteiger partial charge in [0.15, 0.2) is 11.5 Å². The lowest BCUT2D eigenvalue weighted by Gasteiger charge is -2.28. The van der Waals surface area contributed by atoms with Crippen molar-refractivity contribution in [2.24, 2.45) is 0 Å². The summed E-state index contributed by atoms with van der Waals surface area (Å²) in [6.45, 7) is 1.39. The van der Waals surface area contributed by atoms with Crippen LogP contribution in [0.5, 0.6) is 11.5 Å². The number of fused-ring (bicyclic) bond motifs is 1. The van der Waals surface area contributed by atoms with Crippen LogP contribution in [0.4, 0.5) is 11.4 Å². The minimum atomic E-state index is -3.29. The molecule has 0 aliphatic carbocycles. The first-order valence-corrected chi connectivity index (χ1v) is 9.81. The molecule has 1 aliphatic rings. The van der Waals surface area contributed by atoms with E-state index in [2.05, 4.69) is 15.4 Å². The molecule has 10 heteroatoms. The highest BCUT2D eigenvalue weighted by atomic mass is 35.5. The van der Waals surface area contributed by atoms with Crippen LogP contribution in [0.25, 0.3) is 0 Å². The minimum Gasteiger partial charge on any atom is -0.504 e.